The number of hydrogen-bond donors (Lipinski definition) is 1. The maximum absolute atomic E-state index is 12.2. The summed E-state index contributed by atoms with van der Waals surface area (Å²) in [5, 5.41) is 9.83. The first-order valence-electron chi connectivity index (χ1n) is 8.47. The summed E-state index contributed by atoms with van der Waals surface area (Å²) in [6, 6.07) is 10.8. The van der Waals surface area contributed by atoms with E-state index in [1.807, 2.05) is 0 Å². The summed E-state index contributed by atoms with van der Waals surface area (Å²) in [6.45, 7) is 0.224. The first kappa shape index (κ1) is 18.4. The van der Waals surface area contributed by atoms with Crippen molar-refractivity contribution in [2.45, 2.75) is 12.8 Å². The Balaban J connectivity index is 1.60. The average Bonchev–Trinajstić information content (AvgIpc) is 3.11. The molecule has 0 unspecified atom stereocenters. The Morgan fingerprint density at radius 3 is 2.48 bits per heavy atom. The average molecular weight is 369 g/mol. The largest absolute Gasteiger partial charge is 0.507 e. The number of amides is 1. The quantitative estimate of drug-likeness (QED) is 0.621. The molecule has 1 heterocycles. The number of ether oxygens (including phenoxy) is 2. The fourth-order valence-corrected chi connectivity index (χ4v) is 2.85. The van der Waals surface area contributed by atoms with Gasteiger partial charge in [0.15, 0.2) is 12.4 Å². The van der Waals surface area contributed by atoms with Crippen LogP contribution in [-0.2, 0) is 9.53 Å². The number of Topliss-reactive ketones (excluding diaryl/α,β-unsaturated/α-hetero) is 1. The molecule has 0 aliphatic carbocycles. The lowest BCUT2D eigenvalue weighted by Gasteiger charge is -2.15. The molecule has 1 aliphatic rings. The fourth-order valence-electron chi connectivity index (χ4n) is 2.85. The topological polar surface area (TPSA) is 93.1 Å². The van der Waals surface area contributed by atoms with Gasteiger partial charge in [0.1, 0.15) is 17.1 Å². The van der Waals surface area contributed by atoms with Crippen molar-refractivity contribution in [2.24, 2.45) is 0 Å². The van der Waals surface area contributed by atoms with Gasteiger partial charge in [-0.25, -0.2) is 4.79 Å². The predicted molar refractivity (Wildman–Crippen MR) is 97.3 cm³/mol. The molecule has 0 radical (unpaired) electrons. The van der Waals surface area contributed by atoms with E-state index in [9.17, 15) is 19.5 Å². The monoisotopic (exact) mass is 369 g/mol. The number of hydrogen-bond acceptors (Lipinski definition) is 6. The predicted octanol–water partition coefficient (Wildman–Crippen LogP) is 2.57. The number of phenolic OH excluding ortho intramolecular Hbond substituents is 1. The highest BCUT2D eigenvalue weighted by Gasteiger charge is 2.22. The highest BCUT2D eigenvalue weighted by atomic mass is 16.5. The van der Waals surface area contributed by atoms with Crippen LogP contribution < -0.4 is 9.64 Å². The lowest BCUT2D eigenvalue weighted by Crippen LogP contribution is -2.23. The van der Waals surface area contributed by atoms with E-state index in [4.69, 9.17) is 9.47 Å². The molecule has 1 saturated heterocycles. The normalized spacial score (nSPS) is 13.5. The van der Waals surface area contributed by atoms with Crippen molar-refractivity contribution in [1.82, 2.24) is 0 Å². The number of rotatable bonds is 6. The summed E-state index contributed by atoms with van der Waals surface area (Å²) in [6.07, 6.45) is 1.36. The maximum Gasteiger partial charge on any atom is 0.342 e. The van der Waals surface area contributed by atoms with Crippen LogP contribution in [0.3, 0.4) is 0 Å². The summed E-state index contributed by atoms with van der Waals surface area (Å²) >= 11 is 0. The Hall–Kier alpha value is -3.35. The van der Waals surface area contributed by atoms with Gasteiger partial charge in [-0.2, -0.15) is 0 Å². The zero-order valence-electron chi connectivity index (χ0n) is 14.8. The molecule has 7 nitrogen and oxygen atoms in total. The van der Waals surface area contributed by atoms with Crippen LogP contribution in [0.25, 0.3) is 0 Å². The number of aromatic hydroxyl groups is 1. The SMILES string of the molecule is COc1ccc(C(=O)OCC(=O)c2ccc(N3CCCC3=O)cc2)c(O)c1. The molecule has 0 aromatic heterocycles. The Morgan fingerprint density at radius 2 is 1.89 bits per heavy atom. The molecule has 0 saturated carbocycles. The van der Waals surface area contributed by atoms with Crippen LogP contribution in [0.15, 0.2) is 42.5 Å². The maximum atomic E-state index is 12.2. The van der Waals surface area contributed by atoms with Gasteiger partial charge in [-0.3, -0.25) is 9.59 Å². The molecule has 1 amide bonds. The second-order valence-corrected chi connectivity index (χ2v) is 6.08. The molecule has 1 aliphatic heterocycles. The Morgan fingerprint density at radius 1 is 1.15 bits per heavy atom. The first-order chi connectivity index (χ1) is 13.0. The molecule has 1 N–H and O–H groups in total. The lowest BCUT2D eigenvalue weighted by atomic mass is 10.1. The molecule has 0 spiro atoms. The lowest BCUT2D eigenvalue weighted by molar-refractivity contribution is -0.117. The van der Waals surface area contributed by atoms with Crippen molar-refractivity contribution in [2.75, 3.05) is 25.2 Å². The molecular weight excluding hydrogens is 350 g/mol. The van der Waals surface area contributed by atoms with Crippen molar-refractivity contribution < 1.29 is 29.0 Å². The highest BCUT2D eigenvalue weighted by Crippen LogP contribution is 2.24. The van der Waals surface area contributed by atoms with Gasteiger partial charge < -0.3 is 19.5 Å². The molecular formula is C20H19NO6. The van der Waals surface area contributed by atoms with Crippen LogP contribution in [0.5, 0.6) is 11.5 Å². The van der Waals surface area contributed by atoms with Crippen molar-refractivity contribution >= 4 is 23.3 Å². The third-order valence-corrected chi connectivity index (χ3v) is 4.33. The van der Waals surface area contributed by atoms with Crippen LogP contribution in [0.4, 0.5) is 5.69 Å². The molecule has 0 bridgehead atoms. The second-order valence-electron chi connectivity index (χ2n) is 6.08. The number of nitrogens with zero attached hydrogens (tertiary/aromatic N) is 1. The summed E-state index contributed by atoms with van der Waals surface area (Å²) in [5.74, 6) is -0.996. The van der Waals surface area contributed by atoms with Crippen LogP contribution in [0, 0.1) is 0 Å². The number of ketones is 1. The van der Waals surface area contributed by atoms with E-state index < -0.39 is 12.6 Å². The van der Waals surface area contributed by atoms with Crippen LogP contribution in [0.2, 0.25) is 0 Å². The second kappa shape index (κ2) is 7.90. The molecule has 2 aromatic carbocycles. The standard InChI is InChI=1S/C20H19NO6/c1-26-15-8-9-16(17(22)11-15)20(25)27-12-18(23)13-4-6-14(7-5-13)21-10-2-3-19(21)24/h4-9,11,22H,2-3,10,12H2,1H3. The molecule has 140 valence electrons. The van der Waals surface area contributed by atoms with Gasteiger partial charge in [-0.05, 0) is 42.8 Å². The molecule has 27 heavy (non-hydrogen) atoms. The smallest absolute Gasteiger partial charge is 0.342 e. The molecule has 1 fully saturated rings. The number of anilines is 1. The highest BCUT2D eigenvalue weighted by molar-refractivity contribution is 6.01. The van der Waals surface area contributed by atoms with Gasteiger partial charge in [0.2, 0.25) is 5.91 Å². The zero-order valence-corrected chi connectivity index (χ0v) is 14.8. The van der Waals surface area contributed by atoms with Gasteiger partial charge in [0.25, 0.3) is 0 Å². The number of benzene rings is 2. The fraction of sp³-hybridized carbons (Fsp3) is 0.250. The first-order valence-corrected chi connectivity index (χ1v) is 8.47. The number of carbonyl (C=O) groups is 3. The minimum Gasteiger partial charge on any atom is -0.507 e. The van der Waals surface area contributed by atoms with Gasteiger partial charge in [0, 0.05) is 30.3 Å². The zero-order chi connectivity index (χ0) is 19.4. The molecule has 2 aromatic rings. The van der Waals surface area contributed by atoms with E-state index in [1.165, 1.54) is 25.3 Å². The van der Waals surface area contributed by atoms with Crippen molar-refractivity contribution in [3.8, 4) is 11.5 Å². The van der Waals surface area contributed by atoms with E-state index in [-0.39, 0.29) is 23.0 Å². The van der Waals surface area contributed by atoms with Crippen LogP contribution >= 0.6 is 0 Å². The van der Waals surface area contributed by atoms with Crippen molar-refractivity contribution in [3.63, 3.8) is 0 Å². The third-order valence-electron chi connectivity index (χ3n) is 4.33. The van der Waals surface area contributed by atoms with Crippen molar-refractivity contribution in [3.05, 3.63) is 53.6 Å². The van der Waals surface area contributed by atoms with Crippen molar-refractivity contribution in [1.29, 1.82) is 0 Å². The number of esters is 1. The minimum atomic E-state index is -0.803. The van der Waals surface area contributed by atoms with Crippen LogP contribution in [-0.4, -0.2) is 43.0 Å². The van der Waals surface area contributed by atoms with E-state index in [1.54, 1.807) is 29.2 Å². The third kappa shape index (κ3) is 4.08. The summed E-state index contributed by atoms with van der Waals surface area (Å²) in [7, 11) is 1.44. The summed E-state index contributed by atoms with van der Waals surface area (Å²) in [5.41, 5.74) is 1.07. The van der Waals surface area contributed by atoms with Gasteiger partial charge in [-0.15, -0.1) is 0 Å². The summed E-state index contributed by atoms with van der Waals surface area (Å²) < 4.78 is 9.94. The van der Waals surface area contributed by atoms with E-state index in [0.717, 1.165) is 12.1 Å². The van der Waals surface area contributed by atoms with Gasteiger partial charge >= 0.3 is 5.97 Å². The Bertz CT molecular complexity index is 875. The van der Waals surface area contributed by atoms with E-state index in [2.05, 4.69) is 0 Å². The van der Waals surface area contributed by atoms with Crippen LogP contribution in [0.1, 0.15) is 33.6 Å². The van der Waals surface area contributed by atoms with E-state index in [0.29, 0.717) is 24.3 Å². The Kier molecular flexibility index (Phi) is 5.40. The van der Waals surface area contributed by atoms with Gasteiger partial charge in [-0.1, -0.05) is 0 Å². The van der Waals surface area contributed by atoms with E-state index >= 15 is 0 Å². The molecule has 0 atom stereocenters. The Labute approximate surface area is 156 Å². The number of carbonyl (C=O) groups excluding carboxylic acids is 3. The number of phenols is 1. The summed E-state index contributed by atoms with van der Waals surface area (Å²) in [4.78, 5) is 37.7. The number of methoxy groups -OCH3 is 1. The molecule has 7 heteroatoms. The minimum absolute atomic E-state index is 0.0495. The van der Waals surface area contributed by atoms with Gasteiger partial charge in [0.05, 0.1) is 7.11 Å². The molecule has 3 rings (SSSR count).